The Morgan fingerprint density at radius 1 is 0.857 bits per heavy atom. The van der Waals surface area contributed by atoms with Crippen LogP contribution in [0.25, 0.3) is 6.08 Å². The number of aryl methyl sites for hydroxylation is 2. The molecule has 1 N–H and O–H groups in total. The van der Waals surface area contributed by atoms with E-state index in [0.29, 0.717) is 22.7 Å². The van der Waals surface area contributed by atoms with Crippen LogP contribution in [0.5, 0.6) is 5.75 Å². The molecule has 9 heteroatoms. The number of nitrogens with zero attached hydrogens (tertiary/aromatic N) is 2. The van der Waals surface area contributed by atoms with E-state index in [4.69, 9.17) is 22.1 Å². The molecule has 210 valence electrons. The van der Waals surface area contributed by atoms with E-state index in [9.17, 15) is 14.4 Å². The number of carboxylic acid groups (broad SMARTS) is 1. The number of ether oxygens (including phenoxy) is 1. The Balaban J connectivity index is 1.46. The topological polar surface area (TPSA) is 87.1 Å². The van der Waals surface area contributed by atoms with Crippen molar-refractivity contribution in [3.05, 3.63) is 128 Å². The predicted molar refractivity (Wildman–Crippen MR) is 175 cm³/mol. The van der Waals surface area contributed by atoms with Gasteiger partial charge in [0.15, 0.2) is 5.11 Å². The minimum absolute atomic E-state index is 0.0198. The van der Waals surface area contributed by atoms with Gasteiger partial charge in [0.1, 0.15) is 17.9 Å². The molecule has 1 aliphatic heterocycles. The second-order valence-corrected chi connectivity index (χ2v) is 11.2. The van der Waals surface area contributed by atoms with Crippen LogP contribution in [-0.2, 0) is 16.2 Å². The van der Waals surface area contributed by atoms with Gasteiger partial charge in [-0.2, -0.15) is 0 Å². The number of rotatable bonds is 7. The highest BCUT2D eigenvalue weighted by molar-refractivity contribution is 14.1. The van der Waals surface area contributed by atoms with Gasteiger partial charge in [0.05, 0.1) is 20.5 Å². The molecule has 1 saturated heterocycles. The number of carboxylic acids is 1. The fourth-order valence-corrected chi connectivity index (χ4v) is 5.49. The van der Waals surface area contributed by atoms with Crippen LogP contribution < -0.4 is 14.5 Å². The Hall–Kier alpha value is -4.35. The number of carbonyl (C=O) groups is 3. The summed E-state index contributed by atoms with van der Waals surface area (Å²) in [5, 5.41) is 9.17. The fraction of sp³-hybridized carbons (Fsp3) is 0.0909. The molecule has 0 spiro atoms. The summed E-state index contributed by atoms with van der Waals surface area (Å²) >= 11 is 7.86. The van der Waals surface area contributed by atoms with Crippen molar-refractivity contribution in [2.45, 2.75) is 20.5 Å². The summed E-state index contributed by atoms with van der Waals surface area (Å²) in [6, 6.07) is 26.5. The first-order valence-corrected chi connectivity index (χ1v) is 14.4. The molecule has 1 fully saturated rings. The van der Waals surface area contributed by atoms with Crippen LogP contribution in [0.2, 0.25) is 0 Å². The fourth-order valence-electron chi connectivity index (χ4n) is 4.42. The van der Waals surface area contributed by atoms with Crippen molar-refractivity contribution in [2.24, 2.45) is 0 Å². The summed E-state index contributed by atoms with van der Waals surface area (Å²) < 4.78 is 6.73. The number of hydrogen-bond acceptors (Lipinski definition) is 5. The van der Waals surface area contributed by atoms with Gasteiger partial charge >= 0.3 is 5.97 Å². The van der Waals surface area contributed by atoms with Crippen LogP contribution in [0.15, 0.2) is 96.6 Å². The van der Waals surface area contributed by atoms with E-state index in [1.807, 2.05) is 56.3 Å². The van der Waals surface area contributed by atoms with Gasteiger partial charge in [0.2, 0.25) is 0 Å². The summed E-state index contributed by atoms with van der Waals surface area (Å²) in [6.07, 6.45) is 1.58. The number of halogens is 1. The van der Waals surface area contributed by atoms with Crippen molar-refractivity contribution in [1.82, 2.24) is 0 Å². The third-order valence-electron chi connectivity index (χ3n) is 6.87. The van der Waals surface area contributed by atoms with Crippen molar-refractivity contribution in [3.63, 3.8) is 0 Å². The first-order valence-electron chi connectivity index (χ1n) is 13.0. The monoisotopic (exact) mass is 688 g/mol. The summed E-state index contributed by atoms with van der Waals surface area (Å²) in [5.41, 5.74) is 4.89. The molecule has 0 atom stereocenters. The number of anilines is 2. The zero-order chi connectivity index (χ0) is 30.0. The molecule has 1 heterocycles. The van der Waals surface area contributed by atoms with Crippen LogP contribution in [0.3, 0.4) is 0 Å². The maximum absolute atomic E-state index is 13.9. The quantitative estimate of drug-likeness (QED) is 0.0981. The highest BCUT2D eigenvalue weighted by Gasteiger charge is 2.41. The van der Waals surface area contributed by atoms with Crippen molar-refractivity contribution in [1.29, 1.82) is 0 Å². The Kier molecular flexibility index (Phi) is 8.51. The van der Waals surface area contributed by atoms with Gasteiger partial charge in [0.25, 0.3) is 11.8 Å². The van der Waals surface area contributed by atoms with E-state index in [-0.39, 0.29) is 22.9 Å². The van der Waals surface area contributed by atoms with Crippen molar-refractivity contribution < 1.29 is 24.2 Å². The second-order valence-electron chi connectivity index (χ2n) is 9.71. The number of hydrogen-bond donors (Lipinski definition) is 1. The molecular formula is C33H25IN2O5S. The maximum Gasteiger partial charge on any atom is 0.335 e. The number of para-hydroxylation sites is 1. The van der Waals surface area contributed by atoms with Crippen molar-refractivity contribution >= 4 is 75.2 Å². The van der Waals surface area contributed by atoms with E-state index in [1.54, 1.807) is 42.5 Å². The predicted octanol–water partition coefficient (Wildman–Crippen LogP) is 6.93. The van der Waals surface area contributed by atoms with Gasteiger partial charge in [0, 0.05) is 0 Å². The zero-order valence-electron chi connectivity index (χ0n) is 22.7. The van der Waals surface area contributed by atoms with E-state index in [1.165, 1.54) is 21.9 Å². The van der Waals surface area contributed by atoms with Crippen molar-refractivity contribution in [2.75, 3.05) is 9.80 Å². The minimum Gasteiger partial charge on any atom is -0.488 e. The van der Waals surface area contributed by atoms with E-state index < -0.39 is 17.8 Å². The van der Waals surface area contributed by atoms with Gasteiger partial charge in [-0.05, 0) is 126 Å². The number of aromatic carboxylic acids is 1. The molecule has 0 bridgehead atoms. The van der Waals surface area contributed by atoms with Gasteiger partial charge in [-0.25, -0.2) is 4.79 Å². The molecule has 0 radical (unpaired) electrons. The van der Waals surface area contributed by atoms with Crippen LogP contribution >= 0.6 is 34.8 Å². The Labute approximate surface area is 262 Å². The maximum atomic E-state index is 13.9. The van der Waals surface area contributed by atoms with Crippen LogP contribution in [0.1, 0.15) is 32.6 Å². The molecular weight excluding hydrogens is 663 g/mol. The van der Waals surface area contributed by atoms with E-state index >= 15 is 0 Å². The SMILES string of the molecule is Cc1ccc(N2C(=O)/C(=C\c3ccc(OCc4ccc(C(=O)O)cc4)c(I)c3)C(=O)N(c3ccccc3)C2=S)cc1C. The molecule has 4 aromatic carbocycles. The summed E-state index contributed by atoms with van der Waals surface area (Å²) in [4.78, 5) is 41.5. The third-order valence-corrected chi connectivity index (χ3v) is 8.08. The molecule has 1 aliphatic rings. The van der Waals surface area contributed by atoms with Gasteiger partial charge in [-0.1, -0.05) is 42.5 Å². The Morgan fingerprint density at radius 2 is 1.52 bits per heavy atom. The lowest BCUT2D eigenvalue weighted by Gasteiger charge is -2.36. The van der Waals surface area contributed by atoms with Crippen LogP contribution in [-0.4, -0.2) is 28.0 Å². The highest BCUT2D eigenvalue weighted by atomic mass is 127. The average molecular weight is 689 g/mol. The Morgan fingerprint density at radius 3 is 2.14 bits per heavy atom. The first kappa shape index (κ1) is 29.2. The molecule has 0 saturated carbocycles. The molecule has 42 heavy (non-hydrogen) atoms. The number of thiocarbonyl (C=S) groups is 1. The minimum atomic E-state index is -0.984. The number of carbonyl (C=O) groups excluding carboxylic acids is 2. The smallest absolute Gasteiger partial charge is 0.335 e. The van der Waals surface area contributed by atoms with Gasteiger partial charge < -0.3 is 9.84 Å². The van der Waals surface area contributed by atoms with E-state index in [0.717, 1.165) is 20.3 Å². The lowest BCUT2D eigenvalue weighted by atomic mass is 10.0. The standard InChI is InChI=1S/C33H25IN2O5S/c1-20-8-14-26(16-21(20)2)36-31(38)27(30(37)35(33(36)42)25-6-4-3-5-7-25)17-23-11-15-29(28(34)18-23)41-19-22-9-12-24(13-10-22)32(39)40/h3-18H,19H2,1-2H3,(H,39,40)/b27-17-. The third kappa shape index (κ3) is 5.97. The van der Waals surface area contributed by atoms with Gasteiger partial charge in [-0.3, -0.25) is 19.4 Å². The summed E-state index contributed by atoms with van der Waals surface area (Å²) in [6.45, 7) is 4.20. The lowest BCUT2D eigenvalue weighted by molar-refractivity contribution is -0.120. The lowest BCUT2D eigenvalue weighted by Crippen LogP contribution is -2.57. The molecule has 7 nitrogen and oxygen atoms in total. The largest absolute Gasteiger partial charge is 0.488 e. The van der Waals surface area contributed by atoms with E-state index in [2.05, 4.69) is 22.6 Å². The molecule has 0 unspecified atom stereocenters. The zero-order valence-corrected chi connectivity index (χ0v) is 25.7. The molecule has 0 aromatic heterocycles. The normalized spacial score (nSPS) is 14.5. The summed E-state index contributed by atoms with van der Waals surface area (Å²) in [7, 11) is 0. The first-order chi connectivity index (χ1) is 20.1. The van der Waals surface area contributed by atoms with Crippen molar-refractivity contribution in [3.8, 4) is 5.75 Å². The van der Waals surface area contributed by atoms with Crippen LogP contribution in [0, 0.1) is 17.4 Å². The molecule has 2 amide bonds. The van der Waals surface area contributed by atoms with Gasteiger partial charge in [-0.15, -0.1) is 0 Å². The Bertz CT molecular complexity index is 1750. The average Bonchev–Trinajstić information content (AvgIpc) is 2.97. The number of benzene rings is 4. The highest BCUT2D eigenvalue weighted by Crippen LogP contribution is 2.32. The van der Waals surface area contributed by atoms with Crippen LogP contribution in [0.4, 0.5) is 11.4 Å². The summed E-state index contributed by atoms with van der Waals surface area (Å²) in [5.74, 6) is -1.37. The molecule has 0 aliphatic carbocycles. The molecule has 4 aromatic rings. The molecule has 5 rings (SSSR count). The second kappa shape index (κ2) is 12.3. The number of amides is 2.